The normalized spacial score (nSPS) is 16.3. The van der Waals surface area contributed by atoms with Gasteiger partial charge in [0.25, 0.3) is 5.91 Å². The van der Waals surface area contributed by atoms with Crippen molar-refractivity contribution in [2.24, 2.45) is 5.10 Å². The van der Waals surface area contributed by atoms with E-state index in [0.717, 1.165) is 26.9 Å². The highest BCUT2D eigenvalue weighted by molar-refractivity contribution is 9.10. The number of aryl methyl sites for hydroxylation is 1. The number of nitrogens with zero attached hydrogens (tertiary/aromatic N) is 2. The summed E-state index contributed by atoms with van der Waals surface area (Å²) in [7, 11) is 0. The van der Waals surface area contributed by atoms with Gasteiger partial charge in [-0.2, -0.15) is 5.10 Å². The second-order valence-electron chi connectivity index (χ2n) is 7.11. The highest BCUT2D eigenvalue weighted by atomic mass is 79.9. The molecule has 4 rings (SSSR count). The number of rotatable bonds is 4. The summed E-state index contributed by atoms with van der Waals surface area (Å²) < 4.78 is 1.01. The molecule has 4 heteroatoms. The molecule has 0 bridgehead atoms. The van der Waals surface area contributed by atoms with Gasteiger partial charge < -0.3 is 0 Å². The van der Waals surface area contributed by atoms with Crippen LogP contribution in [0.25, 0.3) is 6.08 Å². The molecule has 3 nitrogen and oxygen atoms in total. The number of hydrogen-bond acceptors (Lipinski definition) is 2. The van der Waals surface area contributed by atoms with E-state index in [1.165, 1.54) is 5.56 Å². The predicted molar refractivity (Wildman–Crippen MR) is 122 cm³/mol. The second kappa shape index (κ2) is 8.58. The van der Waals surface area contributed by atoms with E-state index >= 15 is 0 Å². The van der Waals surface area contributed by atoms with Gasteiger partial charge in [0, 0.05) is 17.0 Å². The standard InChI is InChI=1S/C25H21BrN2O/c1-18-7-10-20(11-8-18)23-17-24(21-12-14-22(26)15-13-21)28(27-23)25(29)16-9-19-5-3-2-4-6-19/h2-16,24H,17H2,1H3/b16-9+/t24-/m1/s1. The van der Waals surface area contributed by atoms with Crippen LogP contribution < -0.4 is 0 Å². The first-order valence-electron chi connectivity index (χ1n) is 9.56. The third-order valence-electron chi connectivity index (χ3n) is 4.99. The van der Waals surface area contributed by atoms with Crippen molar-refractivity contribution in [3.8, 4) is 0 Å². The van der Waals surface area contributed by atoms with E-state index in [-0.39, 0.29) is 11.9 Å². The Balaban J connectivity index is 1.65. The minimum absolute atomic E-state index is 0.118. The number of hydrogen-bond donors (Lipinski definition) is 0. The van der Waals surface area contributed by atoms with Crippen molar-refractivity contribution >= 4 is 33.6 Å². The van der Waals surface area contributed by atoms with E-state index in [2.05, 4.69) is 47.1 Å². The molecule has 0 aliphatic carbocycles. The van der Waals surface area contributed by atoms with Crippen LogP contribution in [-0.4, -0.2) is 16.6 Å². The van der Waals surface area contributed by atoms with Gasteiger partial charge in [-0.1, -0.05) is 88.2 Å². The minimum Gasteiger partial charge on any atom is -0.268 e. The third-order valence-corrected chi connectivity index (χ3v) is 5.52. The molecule has 29 heavy (non-hydrogen) atoms. The van der Waals surface area contributed by atoms with Crippen molar-refractivity contribution < 1.29 is 4.79 Å². The summed E-state index contributed by atoms with van der Waals surface area (Å²) in [5, 5.41) is 6.33. The molecule has 3 aromatic rings. The lowest BCUT2D eigenvalue weighted by Crippen LogP contribution is -2.25. The van der Waals surface area contributed by atoms with Crippen LogP contribution in [0.5, 0.6) is 0 Å². The van der Waals surface area contributed by atoms with Gasteiger partial charge in [-0.15, -0.1) is 0 Å². The Labute approximate surface area is 179 Å². The zero-order valence-electron chi connectivity index (χ0n) is 16.1. The number of carbonyl (C=O) groups is 1. The molecule has 0 fully saturated rings. The molecular weight excluding hydrogens is 424 g/mol. The maximum absolute atomic E-state index is 13.0. The van der Waals surface area contributed by atoms with Gasteiger partial charge >= 0.3 is 0 Å². The molecule has 0 saturated carbocycles. The van der Waals surface area contributed by atoms with Gasteiger partial charge in [-0.05, 0) is 41.8 Å². The zero-order valence-corrected chi connectivity index (χ0v) is 17.7. The molecule has 1 aliphatic rings. The molecule has 1 aliphatic heterocycles. The first-order valence-corrected chi connectivity index (χ1v) is 10.4. The van der Waals surface area contributed by atoms with Crippen LogP contribution in [0.4, 0.5) is 0 Å². The third kappa shape index (κ3) is 4.54. The van der Waals surface area contributed by atoms with Crippen LogP contribution in [-0.2, 0) is 4.79 Å². The Morgan fingerprint density at radius 1 is 1.00 bits per heavy atom. The van der Waals surface area contributed by atoms with Gasteiger partial charge in [-0.25, -0.2) is 5.01 Å². The smallest absolute Gasteiger partial charge is 0.267 e. The minimum atomic E-state index is -0.121. The average molecular weight is 445 g/mol. The van der Waals surface area contributed by atoms with Crippen LogP contribution >= 0.6 is 15.9 Å². The van der Waals surface area contributed by atoms with Crippen molar-refractivity contribution in [2.75, 3.05) is 0 Å². The van der Waals surface area contributed by atoms with E-state index in [4.69, 9.17) is 5.10 Å². The van der Waals surface area contributed by atoms with Crippen molar-refractivity contribution in [1.82, 2.24) is 5.01 Å². The lowest BCUT2D eigenvalue weighted by molar-refractivity contribution is -0.127. The van der Waals surface area contributed by atoms with Crippen LogP contribution in [0, 0.1) is 6.92 Å². The van der Waals surface area contributed by atoms with Crippen molar-refractivity contribution in [3.05, 3.63) is 112 Å². The molecule has 0 N–H and O–H groups in total. The van der Waals surface area contributed by atoms with E-state index in [1.807, 2.05) is 60.7 Å². The number of amides is 1. The Hall–Kier alpha value is -2.98. The van der Waals surface area contributed by atoms with Gasteiger partial charge in [0.2, 0.25) is 0 Å². The maximum Gasteiger partial charge on any atom is 0.267 e. The van der Waals surface area contributed by atoms with Crippen LogP contribution in [0.15, 0.2) is 94.5 Å². The van der Waals surface area contributed by atoms with Crippen molar-refractivity contribution in [2.45, 2.75) is 19.4 Å². The Morgan fingerprint density at radius 2 is 1.69 bits per heavy atom. The molecule has 3 aromatic carbocycles. The molecule has 0 spiro atoms. The number of benzene rings is 3. The van der Waals surface area contributed by atoms with E-state index in [1.54, 1.807) is 11.1 Å². The lowest BCUT2D eigenvalue weighted by atomic mass is 9.98. The Bertz CT molecular complexity index is 1050. The summed E-state index contributed by atoms with van der Waals surface area (Å²) in [4.78, 5) is 13.0. The highest BCUT2D eigenvalue weighted by Gasteiger charge is 2.32. The van der Waals surface area contributed by atoms with E-state index < -0.39 is 0 Å². The fourth-order valence-electron chi connectivity index (χ4n) is 3.39. The van der Waals surface area contributed by atoms with E-state index in [0.29, 0.717) is 6.42 Å². The number of carbonyl (C=O) groups excluding carboxylic acids is 1. The molecular formula is C25H21BrN2O. The number of hydrazone groups is 1. The monoisotopic (exact) mass is 444 g/mol. The molecule has 144 valence electrons. The lowest BCUT2D eigenvalue weighted by Gasteiger charge is -2.20. The molecule has 1 amide bonds. The molecule has 0 aromatic heterocycles. The zero-order chi connectivity index (χ0) is 20.2. The summed E-state index contributed by atoms with van der Waals surface area (Å²) in [5.41, 5.74) is 5.25. The summed E-state index contributed by atoms with van der Waals surface area (Å²) in [5.74, 6) is -0.121. The largest absolute Gasteiger partial charge is 0.268 e. The van der Waals surface area contributed by atoms with Gasteiger partial charge in [-0.3, -0.25) is 4.79 Å². The fraction of sp³-hybridized carbons (Fsp3) is 0.120. The molecule has 0 unspecified atom stereocenters. The van der Waals surface area contributed by atoms with Crippen LogP contribution in [0.3, 0.4) is 0 Å². The highest BCUT2D eigenvalue weighted by Crippen LogP contribution is 2.33. The van der Waals surface area contributed by atoms with Crippen LogP contribution in [0.1, 0.15) is 34.7 Å². The second-order valence-corrected chi connectivity index (χ2v) is 8.03. The first-order chi connectivity index (χ1) is 14.1. The molecule has 0 radical (unpaired) electrons. The quantitative estimate of drug-likeness (QED) is 0.444. The van der Waals surface area contributed by atoms with Gasteiger partial charge in [0.1, 0.15) is 0 Å². The first kappa shape index (κ1) is 19.3. The summed E-state index contributed by atoms with van der Waals surface area (Å²) in [6.07, 6.45) is 4.12. The van der Waals surface area contributed by atoms with Gasteiger partial charge in [0.05, 0.1) is 11.8 Å². The van der Waals surface area contributed by atoms with Crippen molar-refractivity contribution in [3.63, 3.8) is 0 Å². The van der Waals surface area contributed by atoms with E-state index in [9.17, 15) is 4.79 Å². The summed E-state index contributed by atoms with van der Waals surface area (Å²) in [6.45, 7) is 2.06. The molecule has 0 saturated heterocycles. The molecule has 1 heterocycles. The molecule has 1 atom stereocenters. The Kier molecular flexibility index (Phi) is 5.72. The topological polar surface area (TPSA) is 32.7 Å². The summed E-state index contributed by atoms with van der Waals surface area (Å²) in [6, 6.07) is 26.1. The van der Waals surface area contributed by atoms with Crippen LogP contribution in [0.2, 0.25) is 0 Å². The fourth-order valence-corrected chi connectivity index (χ4v) is 3.65. The average Bonchev–Trinajstić information content (AvgIpc) is 3.19. The summed E-state index contributed by atoms with van der Waals surface area (Å²) >= 11 is 3.48. The van der Waals surface area contributed by atoms with Gasteiger partial charge in [0.15, 0.2) is 0 Å². The number of halogens is 1. The maximum atomic E-state index is 13.0. The Morgan fingerprint density at radius 3 is 2.38 bits per heavy atom. The van der Waals surface area contributed by atoms with Crippen molar-refractivity contribution in [1.29, 1.82) is 0 Å². The SMILES string of the molecule is Cc1ccc(C2=NN(C(=O)/C=C/c3ccccc3)[C@@H](c3ccc(Br)cc3)C2)cc1. The predicted octanol–water partition coefficient (Wildman–Crippen LogP) is 6.15.